The minimum atomic E-state index is -0.0845. The lowest BCUT2D eigenvalue weighted by atomic mass is 9.71. The summed E-state index contributed by atoms with van der Waals surface area (Å²) in [6.07, 6.45) is 3.38. The molecule has 2 fully saturated rings. The van der Waals surface area contributed by atoms with Gasteiger partial charge < -0.3 is 10.4 Å². The van der Waals surface area contributed by atoms with Crippen molar-refractivity contribution >= 4 is 0 Å². The molecule has 0 spiro atoms. The Hall–Kier alpha value is -0.0800. The smallest absolute Gasteiger partial charge is 0.0603 e. The zero-order valence-electron chi connectivity index (χ0n) is 8.88. The Morgan fingerprint density at radius 2 is 1.92 bits per heavy atom. The average Bonchev–Trinajstić information content (AvgIpc) is 2.28. The predicted octanol–water partition coefficient (Wildman–Crippen LogP) is 1.53. The molecule has 2 saturated heterocycles. The van der Waals surface area contributed by atoms with Gasteiger partial charge in [0.1, 0.15) is 0 Å². The monoisotopic (exact) mass is 183 g/mol. The predicted molar refractivity (Wildman–Crippen MR) is 53.5 cm³/mol. The van der Waals surface area contributed by atoms with Crippen LogP contribution >= 0.6 is 0 Å². The van der Waals surface area contributed by atoms with Crippen LogP contribution in [0.15, 0.2) is 0 Å². The van der Waals surface area contributed by atoms with E-state index in [0.717, 1.165) is 6.42 Å². The van der Waals surface area contributed by atoms with E-state index in [-0.39, 0.29) is 11.5 Å². The number of hydrogen-bond donors (Lipinski definition) is 2. The Kier molecular flexibility index (Phi) is 2.16. The first kappa shape index (κ1) is 9.47. The van der Waals surface area contributed by atoms with Crippen molar-refractivity contribution in [2.24, 2.45) is 11.3 Å². The molecule has 0 aliphatic carbocycles. The molecule has 0 aromatic rings. The zero-order valence-corrected chi connectivity index (χ0v) is 8.88. The first-order chi connectivity index (χ1) is 5.98. The van der Waals surface area contributed by atoms with E-state index in [2.05, 4.69) is 26.1 Å². The molecular formula is C11H21NO. The molecular weight excluding hydrogens is 162 g/mol. The molecule has 13 heavy (non-hydrogen) atoms. The van der Waals surface area contributed by atoms with Gasteiger partial charge in [0.25, 0.3) is 0 Å². The van der Waals surface area contributed by atoms with Gasteiger partial charge in [0.15, 0.2) is 0 Å². The SMILES string of the molecule is CC(C)(C)C1C(O)CC2CCC1N2. The zero-order chi connectivity index (χ0) is 9.64. The molecule has 2 rings (SSSR count). The Morgan fingerprint density at radius 3 is 2.54 bits per heavy atom. The van der Waals surface area contributed by atoms with E-state index in [4.69, 9.17) is 0 Å². The lowest BCUT2D eigenvalue weighted by Crippen LogP contribution is -2.52. The first-order valence-corrected chi connectivity index (χ1v) is 5.42. The molecule has 4 atom stereocenters. The van der Waals surface area contributed by atoms with Crippen LogP contribution in [0.25, 0.3) is 0 Å². The topological polar surface area (TPSA) is 32.3 Å². The van der Waals surface area contributed by atoms with E-state index in [1.807, 2.05) is 0 Å². The van der Waals surface area contributed by atoms with Crippen molar-refractivity contribution in [2.75, 3.05) is 0 Å². The van der Waals surface area contributed by atoms with E-state index >= 15 is 0 Å². The summed E-state index contributed by atoms with van der Waals surface area (Å²) < 4.78 is 0. The van der Waals surface area contributed by atoms with Gasteiger partial charge >= 0.3 is 0 Å². The second-order valence-electron chi connectivity index (χ2n) is 5.74. The Bertz CT molecular complexity index is 197. The highest BCUT2D eigenvalue weighted by Crippen LogP contribution is 2.41. The van der Waals surface area contributed by atoms with Crippen LogP contribution in [-0.2, 0) is 0 Å². The molecule has 0 amide bonds. The average molecular weight is 183 g/mol. The summed E-state index contributed by atoms with van der Waals surface area (Å²) in [5.41, 5.74) is 0.229. The number of hydrogen-bond acceptors (Lipinski definition) is 2. The van der Waals surface area contributed by atoms with Crippen LogP contribution in [0.1, 0.15) is 40.0 Å². The quantitative estimate of drug-likeness (QED) is 0.597. The van der Waals surface area contributed by atoms with Gasteiger partial charge in [-0.25, -0.2) is 0 Å². The number of aliphatic hydroxyl groups is 1. The molecule has 2 N–H and O–H groups in total. The maximum absolute atomic E-state index is 10.0. The van der Waals surface area contributed by atoms with E-state index in [1.54, 1.807) is 0 Å². The molecule has 2 nitrogen and oxygen atoms in total. The lowest BCUT2D eigenvalue weighted by molar-refractivity contribution is -0.00567. The molecule has 76 valence electrons. The van der Waals surface area contributed by atoms with Crippen LogP contribution in [0.2, 0.25) is 0 Å². The molecule has 0 aromatic heterocycles. The largest absolute Gasteiger partial charge is 0.393 e. The molecule has 0 saturated carbocycles. The number of fused-ring (bicyclic) bond motifs is 2. The van der Waals surface area contributed by atoms with Gasteiger partial charge in [0.2, 0.25) is 0 Å². The van der Waals surface area contributed by atoms with Gasteiger partial charge in [-0.1, -0.05) is 20.8 Å². The maximum atomic E-state index is 10.0. The Balaban J connectivity index is 2.16. The van der Waals surface area contributed by atoms with Crippen molar-refractivity contribution in [1.82, 2.24) is 5.32 Å². The second-order valence-corrected chi connectivity index (χ2v) is 5.74. The third-order valence-electron chi connectivity index (χ3n) is 3.65. The Morgan fingerprint density at radius 1 is 1.23 bits per heavy atom. The minimum absolute atomic E-state index is 0.0845. The molecule has 4 unspecified atom stereocenters. The molecule has 2 heterocycles. The minimum Gasteiger partial charge on any atom is -0.393 e. The van der Waals surface area contributed by atoms with Crippen molar-refractivity contribution in [2.45, 2.75) is 58.2 Å². The highest BCUT2D eigenvalue weighted by molar-refractivity contribution is 5.01. The molecule has 2 aliphatic rings. The summed E-state index contributed by atoms with van der Waals surface area (Å²) in [7, 11) is 0. The van der Waals surface area contributed by atoms with Gasteiger partial charge in [0.05, 0.1) is 6.10 Å². The number of piperidine rings is 1. The van der Waals surface area contributed by atoms with E-state index in [1.165, 1.54) is 12.8 Å². The fourth-order valence-corrected chi connectivity index (χ4v) is 3.21. The summed E-state index contributed by atoms with van der Waals surface area (Å²) in [5.74, 6) is 0.436. The van der Waals surface area contributed by atoms with Crippen LogP contribution in [0.5, 0.6) is 0 Å². The molecule has 0 radical (unpaired) electrons. The third-order valence-corrected chi connectivity index (χ3v) is 3.65. The summed E-state index contributed by atoms with van der Waals surface area (Å²) in [6.45, 7) is 6.71. The van der Waals surface area contributed by atoms with Gasteiger partial charge in [-0.05, 0) is 24.7 Å². The summed E-state index contributed by atoms with van der Waals surface area (Å²) in [5, 5.41) is 13.7. The van der Waals surface area contributed by atoms with Crippen molar-refractivity contribution in [3.8, 4) is 0 Å². The van der Waals surface area contributed by atoms with Gasteiger partial charge in [0, 0.05) is 18.0 Å². The van der Waals surface area contributed by atoms with Gasteiger partial charge in [-0.15, -0.1) is 0 Å². The highest BCUT2D eigenvalue weighted by atomic mass is 16.3. The molecule has 2 heteroatoms. The summed E-state index contributed by atoms with van der Waals surface area (Å²) >= 11 is 0. The van der Waals surface area contributed by atoms with Crippen LogP contribution in [0, 0.1) is 11.3 Å². The van der Waals surface area contributed by atoms with Gasteiger partial charge in [-0.3, -0.25) is 0 Å². The van der Waals surface area contributed by atoms with Gasteiger partial charge in [-0.2, -0.15) is 0 Å². The van der Waals surface area contributed by atoms with Crippen LogP contribution in [0.4, 0.5) is 0 Å². The van der Waals surface area contributed by atoms with Crippen molar-refractivity contribution in [3.05, 3.63) is 0 Å². The van der Waals surface area contributed by atoms with E-state index < -0.39 is 0 Å². The normalized spacial score (nSPS) is 45.2. The fraction of sp³-hybridized carbons (Fsp3) is 1.00. The first-order valence-electron chi connectivity index (χ1n) is 5.42. The summed E-state index contributed by atoms with van der Waals surface area (Å²) in [4.78, 5) is 0. The van der Waals surface area contributed by atoms with E-state index in [0.29, 0.717) is 18.0 Å². The second kappa shape index (κ2) is 2.96. The Labute approximate surface area is 80.7 Å². The van der Waals surface area contributed by atoms with Crippen molar-refractivity contribution in [3.63, 3.8) is 0 Å². The molecule has 0 aromatic carbocycles. The lowest BCUT2D eigenvalue weighted by Gasteiger charge is -2.42. The number of nitrogens with one attached hydrogen (secondary N) is 1. The molecule has 2 aliphatic heterocycles. The fourth-order valence-electron chi connectivity index (χ4n) is 3.21. The van der Waals surface area contributed by atoms with Crippen molar-refractivity contribution in [1.29, 1.82) is 0 Å². The van der Waals surface area contributed by atoms with Crippen LogP contribution in [0.3, 0.4) is 0 Å². The standard InChI is InChI=1S/C11H21NO/c1-11(2,3)10-8-5-4-7(12-8)6-9(10)13/h7-10,12-13H,4-6H2,1-3H3. The van der Waals surface area contributed by atoms with Crippen LogP contribution < -0.4 is 5.32 Å². The summed E-state index contributed by atoms with van der Waals surface area (Å²) in [6, 6.07) is 1.16. The van der Waals surface area contributed by atoms with Crippen molar-refractivity contribution < 1.29 is 5.11 Å². The van der Waals surface area contributed by atoms with E-state index in [9.17, 15) is 5.11 Å². The third kappa shape index (κ3) is 1.62. The van der Waals surface area contributed by atoms with Crippen LogP contribution in [-0.4, -0.2) is 23.3 Å². The number of aliphatic hydroxyl groups excluding tert-OH is 1. The highest BCUT2D eigenvalue weighted by Gasteiger charge is 2.45. The maximum Gasteiger partial charge on any atom is 0.0603 e. The number of rotatable bonds is 0. The molecule has 2 bridgehead atoms.